The molecule has 1 nitrogen and oxygen atoms in total. The van der Waals surface area contributed by atoms with Gasteiger partial charge < -0.3 is 0 Å². The Morgan fingerprint density at radius 1 is 1.04 bits per heavy atom. The van der Waals surface area contributed by atoms with Crippen LogP contribution in [0.15, 0.2) is 28.8 Å². The molecule has 0 radical (unpaired) electrons. The molecule has 1 aliphatic carbocycles. The van der Waals surface area contributed by atoms with Crippen molar-refractivity contribution >= 4 is 29.1 Å². The van der Waals surface area contributed by atoms with Crippen molar-refractivity contribution in [3.63, 3.8) is 0 Å². The summed E-state index contributed by atoms with van der Waals surface area (Å²) in [7, 11) is 0. The van der Waals surface area contributed by atoms with Gasteiger partial charge in [0, 0.05) is 5.56 Å². The Hall–Kier alpha value is -2.74. The fraction of sp³-hybridized carbons (Fsp3) is 0.190. The number of nitrogens with zero attached hydrogens (tertiary/aromatic N) is 1. The Balaban J connectivity index is 1.97. The third-order valence-electron chi connectivity index (χ3n) is 4.22. The third kappa shape index (κ3) is 3.71. The van der Waals surface area contributed by atoms with E-state index in [1.807, 2.05) is 12.1 Å². The molecule has 3 rings (SSSR count). The number of fused-ring (bicyclic) bond motifs is 1. The summed E-state index contributed by atoms with van der Waals surface area (Å²) in [6, 6.07) is 5.38. The van der Waals surface area contributed by atoms with Crippen LogP contribution in [-0.4, -0.2) is 5.16 Å². The lowest BCUT2D eigenvalue weighted by molar-refractivity contribution is 0.454. The summed E-state index contributed by atoms with van der Waals surface area (Å²) < 4.78 is 55.9. The predicted molar refractivity (Wildman–Crippen MR) is 100.0 cm³/mol. The van der Waals surface area contributed by atoms with Crippen molar-refractivity contribution in [3.05, 3.63) is 69.3 Å². The van der Waals surface area contributed by atoms with Gasteiger partial charge in [0.05, 0.1) is 5.16 Å². The molecule has 2 aromatic carbocycles. The van der Waals surface area contributed by atoms with E-state index in [1.165, 1.54) is 5.57 Å². The van der Waals surface area contributed by atoms with Gasteiger partial charge >= 0.3 is 0 Å². The van der Waals surface area contributed by atoms with Crippen molar-refractivity contribution < 1.29 is 17.6 Å². The molecule has 0 amide bonds. The van der Waals surface area contributed by atoms with Crippen molar-refractivity contribution in [2.24, 2.45) is 4.99 Å². The Labute approximate surface area is 159 Å². The van der Waals surface area contributed by atoms with Crippen LogP contribution in [0, 0.1) is 35.1 Å². The third-order valence-corrected chi connectivity index (χ3v) is 4.31. The molecule has 0 aromatic heterocycles. The van der Waals surface area contributed by atoms with Gasteiger partial charge in [-0.2, -0.15) is 4.99 Å². The minimum atomic E-state index is -1.65. The number of halogens is 4. The molecule has 0 heterocycles. The molecule has 0 spiro atoms. The van der Waals surface area contributed by atoms with Crippen LogP contribution in [0.2, 0.25) is 0 Å². The molecule has 0 aliphatic heterocycles. The van der Waals surface area contributed by atoms with E-state index in [1.54, 1.807) is 11.2 Å². The highest BCUT2D eigenvalue weighted by Gasteiger charge is 2.24. The number of rotatable bonds is 3. The molecule has 6 heteroatoms. The van der Waals surface area contributed by atoms with Crippen molar-refractivity contribution in [3.8, 4) is 11.8 Å². The van der Waals surface area contributed by atoms with Gasteiger partial charge in [-0.05, 0) is 48.3 Å². The lowest BCUT2D eigenvalue weighted by Gasteiger charge is -2.04. The van der Waals surface area contributed by atoms with Crippen molar-refractivity contribution in [1.29, 1.82) is 0 Å². The summed E-state index contributed by atoms with van der Waals surface area (Å²) in [5.41, 5.74) is 1.82. The minimum Gasteiger partial charge on any atom is -0.202 e. The van der Waals surface area contributed by atoms with E-state index in [9.17, 15) is 17.6 Å². The summed E-state index contributed by atoms with van der Waals surface area (Å²) in [6.45, 7) is 2.10. The van der Waals surface area contributed by atoms with Gasteiger partial charge in [0.1, 0.15) is 5.56 Å². The second-order valence-electron chi connectivity index (χ2n) is 6.08. The standard InChI is InChI=1S/C21H13F4NS/c1-2-3-13-9-14-6-4-12(8-15(14)10-13)5-7-16-17(22)19(24)21(26-11-27)20(25)18(16)23/h4,6,8-9H,2-3,10H2,1H3. The average molecular weight is 387 g/mol. The van der Waals surface area contributed by atoms with E-state index in [2.05, 4.69) is 42.1 Å². The first-order valence-electron chi connectivity index (χ1n) is 8.24. The largest absolute Gasteiger partial charge is 0.202 e. The molecular weight excluding hydrogens is 374 g/mol. The normalized spacial score (nSPS) is 12.0. The fourth-order valence-electron chi connectivity index (χ4n) is 2.98. The van der Waals surface area contributed by atoms with E-state index in [-0.39, 0.29) is 0 Å². The zero-order chi connectivity index (χ0) is 19.6. The first kappa shape index (κ1) is 19.0. The van der Waals surface area contributed by atoms with E-state index in [4.69, 9.17) is 0 Å². The molecule has 0 saturated carbocycles. The van der Waals surface area contributed by atoms with Crippen molar-refractivity contribution in [2.75, 3.05) is 0 Å². The maximum atomic E-state index is 14.1. The van der Waals surface area contributed by atoms with Crippen LogP contribution >= 0.6 is 12.2 Å². The Kier molecular flexibility index (Phi) is 5.55. The van der Waals surface area contributed by atoms with Gasteiger partial charge in [-0.1, -0.05) is 42.9 Å². The van der Waals surface area contributed by atoms with Gasteiger partial charge in [-0.3, -0.25) is 0 Å². The van der Waals surface area contributed by atoms with Crippen LogP contribution in [-0.2, 0) is 6.42 Å². The SMILES string of the molecule is CCCC1=Cc2ccc(C#Cc3c(F)c(F)c(N=C=S)c(F)c3F)cc2C1. The minimum absolute atomic E-state index is 0.500. The van der Waals surface area contributed by atoms with Gasteiger partial charge in [-0.15, -0.1) is 0 Å². The molecule has 0 bridgehead atoms. The quantitative estimate of drug-likeness (QED) is 0.203. The number of thiocarbonyl (C=S) groups is 1. The van der Waals surface area contributed by atoms with Crippen molar-refractivity contribution in [2.45, 2.75) is 26.2 Å². The van der Waals surface area contributed by atoms with Gasteiger partial charge in [0.2, 0.25) is 0 Å². The van der Waals surface area contributed by atoms with Crippen LogP contribution in [0.3, 0.4) is 0 Å². The molecule has 136 valence electrons. The summed E-state index contributed by atoms with van der Waals surface area (Å²) in [6.07, 6.45) is 4.97. The molecule has 2 aromatic rings. The highest BCUT2D eigenvalue weighted by Crippen LogP contribution is 2.30. The molecule has 1 aliphatic rings. The van der Waals surface area contributed by atoms with Crippen molar-refractivity contribution in [1.82, 2.24) is 0 Å². The topological polar surface area (TPSA) is 12.4 Å². The summed E-state index contributed by atoms with van der Waals surface area (Å²) in [4.78, 5) is 3.03. The predicted octanol–water partition coefficient (Wildman–Crippen LogP) is 6.12. The van der Waals surface area contributed by atoms with Crippen LogP contribution < -0.4 is 0 Å². The Bertz CT molecular complexity index is 1040. The first-order valence-corrected chi connectivity index (χ1v) is 8.65. The molecular formula is C21H13F4NS. The summed E-state index contributed by atoms with van der Waals surface area (Å²) in [5.74, 6) is -1.77. The van der Waals surface area contributed by atoms with Gasteiger partial charge in [-0.25, -0.2) is 17.6 Å². The Morgan fingerprint density at radius 3 is 2.37 bits per heavy atom. The van der Waals surface area contributed by atoms with E-state index in [0.717, 1.165) is 30.4 Å². The maximum Gasteiger partial charge on any atom is 0.189 e. The highest BCUT2D eigenvalue weighted by molar-refractivity contribution is 7.78. The summed E-state index contributed by atoms with van der Waals surface area (Å²) in [5, 5.41) is 1.69. The van der Waals surface area contributed by atoms with Gasteiger partial charge in [0.15, 0.2) is 29.0 Å². The number of allylic oxidation sites excluding steroid dienone is 1. The van der Waals surface area contributed by atoms with E-state index < -0.39 is 34.5 Å². The maximum absolute atomic E-state index is 14.1. The zero-order valence-electron chi connectivity index (χ0n) is 14.3. The Morgan fingerprint density at radius 2 is 1.74 bits per heavy atom. The first-order chi connectivity index (χ1) is 13.0. The van der Waals surface area contributed by atoms with Crippen LogP contribution in [0.1, 0.15) is 42.0 Å². The molecule has 0 saturated heterocycles. The fourth-order valence-corrected chi connectivity index (χ4v) is 3.07. The highest BCUT2D eigenvalue weighted by atomic mass is 32.1. The lowest BCUT2D eigenvalue weighted by Crippen LogP contribution is -2.00. The van der Waals surface area contributed by atoms with E-state index >= 15 is 0 Å². The van der Waals surface area contributed by atoms with E-state index in [0.29, 0.717) is 5.56 Å². The molecule has 0 N–H and O–H groups in total. The second kappa shape index (κ2) is 7.87. The zero-order valence-corrected chi connectivity index (χ0v) is 15.1. The van der Waals surface area contributed by atoms with Crippen LogP contribution in [0.5, 0.6) is 0 Å². The smallest absolute Gasteiger partial charge is 0.189 e. The van der Waals surface area contributed by atoms with Gasteiger partial charge in [0.25, 0.3) is 0 Å². The average Bonchev–Trinajstić information content (AvgIpc) is 3.05. The van der Waals surface area contributed by atoms with Crippen LogP contribution in [0.25, 0.3) is 6.08 Å². The number of isothiocyanates is 1. The van der Waals surface area contributed by atoms with Crippen LogP contribution in [0.4, 0.5) is 23.2 Å². The number of aliphatic imine (C=N–C) groups is 1. The molecule has 0 unspecified atom stereocenters. The number of hydrogen-bond acceptors (Lipinski definition) is 2. The molecule has 0 fully saturated rings. The summed E-state index contributed by atoms with van der Waals surface area (Å²) >= 11 is 4.22. The second-order valence-corrected chi connectivity index (χ2v) is 6.26. The monoisotopic (exact) mass is 387 g/mol. The molecule has 0 atom stereocenters. The number of benzene rings is 2. The number of hydrogen-bond donors (Lipinski definition) is 0. The lowest BCUT2D eigenvalue weighted by atomic mass is 10.0. The molecule has 27 heavy (non-hydrogen) atoms.